The first-order valence-electron chi connectivity index (χ1n) is 6.78. The summed E-state index contributed by atoms with van der Waals surface area (Å²) in [6.07, 6.45) is 5.07. The molecule has 1 fully saturated rings. The third-order valence-electron chi connectivity index (χ3n) is 4.39. The number of hydrogen-bond donors (Lipinski definition) is 0. The SMILES string of the molecule is Cc1ccc(CC(Cl)C2CCCC2C)cc1C. The molecule has 1 aromatic carbocycles. The number of benzene rings is 1. The standard InChI is InChI=1S/C16H23Cl/c1-11-7-8-14(9-13(11)3)10-16(17)15-6-4-5-12(15)2/h7-9,12,15-16H,4-6,10H2,1-3H3. The molecular weight excluding hydrogens is 228 g/mol. The smallest absolute Gasteiger partial charge is 0.0407 e. The highest BCUT2D eigenvalue weighted by molar-refractivity contribution is 6.21. The topological polar surface area (TPSA) is 0 Å². The number of aryl methyl sites for hydroxylation is 2. The van der Waals surface area contributed by atoms with E-state index in [0.29, 0.717) is 5.38 Å². The number of rotatable bonds is 3. The lowest BCUT2D eigenvalue weighted by molar-refractivity contribution is 0.398. The summed E-state index contributed by atoms with van der Waals surface area (Å²) in [5.41, 5.74) is 4.15. The molecule has 0 amide bonds. The number of hydrogen-bond acceptors (Lipinski definition) is 0. The Morgan fingerprint density at radius 3 is 2.59 bits per heavy atom. The minimum absolute atomic E-state index is 0.314. The van der Waals surface area contributed by atoms with Crippen molar-refractivity contribution in [3.63, 3.8) is 0 Å². The van der Waals surface area contributed by atoms with Gasteiger partial charge in [0.05, 0.1) is 0 Å². The van der Waals surface area contributed by atoms with Crippen LogP contribution < -0.4 is 0 Å². The highest BCUT2D eigenvalue weighted by Crippen LogP contribution is 2.37. The molecule has 17 heavy (non-hydrogen) atoms. The first kappa shape index (κ1) is 13.0. The van der Waals surface area contributed by atoms with E-state index >= 15 is 0 Å². The molecule has 94 valence electrons. The second-order valence-corrected chi connectivity index (χ2v) is 6.27. The molecule has 0 saturated heterocycles. The molecule has 1 saturated carbocycles. The molecular formula is C16H23Cl. The zero-order chi connectivity index (χ0) is 12.4. The Balaban J connectivity index is 2.02. The fourth-order valence-corrected chi connectivity index (χ4v) is 3.57. The third-order valence-corrected chi connectivity index (χ3v) is 4.87. The molecule has 0 bridgehead atoms. The largest absolute Gasteiger partial charge is 0.122 e. The monoisotopic (exact) mass is 250 g/mol. The third kappa shape index (κ3) is 3.04. The lowest BCUT2D eigenvalue weighted by atomic mass is 9.90. The van der Waals surface area contributed by atoms with Crippen molar-refractivity contribution >= 4 is 11.6 Å². The summed E-state index contributed by atoms with van der Waals surface area (Å²) in [5.74, 6) is 1.53. The predicted molar refractivity (Wildman–Crippen MR) is 75.8 cm³/mol. The van der Waals surface area contributed by atoms with Crippen molar-refractivity contribution in [3.8, 4) is 0 Å². The first-order valence-corrected chi connectivity index (χ1v) is 7.22. The molecule has 0 spiro atoms. The van der Waals surface area contributed by atoms with Crippen molar-refractivity contribution in [2.45, 2.75) is 51.8 Å². The number of alkyl halides is 1. The summed E-state index contributed by atoms with van der Waals surface area (Å²) >= 11 is 6.61. The van der Waals surface area contributed by atoms with Crippen LogP contribution in [-0.2, 0) is 6.42 Å². The summed E-state index contributed by atoms with van der Waals surface area (Å²) in [7, 11) is 0. The van der Waals surface area contributed by atoms with Gasteiger partial charge in [0.2, 0.25) is 0 Å². The van der Waals surface area contributed by atoms with E-state index in [1.165, 1.54) is 36.0 Å². The van der Waals surface area contributed by atoms with E-state index in [2.05, 4.69) is 39.0 Å². The van der Waals surface area contributed by atoms with Crippen molar-refractivity contribution in [2.24, 2.45) is 11.8 Å². The summed E-state index contributed by atoms with van der Waals surface area (Å²) in [6.45, 7) is 6.70. The van der Waals surface area contributed by atoms with Crippen LogP contribution in [0.4, 0.5) is 0 Å². The van der Waals surface area contributed by atoms with Gasteiger partial charge in [-0.2, -0.15) is 0 Å². The fourth-order valence-electron chi connectivity index (χ4n) is 3.02. The minimum Gasteiger partial charge on any atom is -0.122 e. The maximum atomic E-state index is 6.61. The van der Waals surface area contributed by atoms with Crippen molar-refractivity contribution in [1.82, 2.24) is 0 Å². The molecule has 3 atom stereocenters. The average molecular weight is 251 g/mol. The van der Waals surface area contributed by atoms with Gasteiger partial charge in [-0.3, -0.25) is 0 Å². The fraction of sp³-hybridized carbons (Fsp3) is 0.625. The molecule has 0 radical (unpaired) electrons. The van der Waals surface area contributed by atoms with E-state index in [4.69, 9.17) is 11.6 Å². The van der Waals surface area contributed by atoms with Crippen molar-refractivity contribution in [2.75, 3.05) is 0 Å². The molecule has 1 aromatic rings. The second kappa shape index (κ2) is 5.44. The number of halogens is 1. The van der Waals surface area contributed by atoms with Crippen LogP contribution in [0.5, 0.6) is 0 Å². The maximum absolute atomic E-state index is 6.61. The van der Waals surface area contributed by atoms with Gasteiger partial charge in [-0.05, 0) is 55.2 Å². The van der Waals surface area contributed by atoms with Crippen LogP contribution in [0.1, 0.15) is 42.9 Å². The summed E-state index contributed by atoms with van der Waals surface area (Å²) < 4.78 is 0. The van der Waals surface area contributed by atoms with E-state index in [-0.39, 0.29) is 0 Å². The van der Waals surface area contributed by atoms with Gasteiger partial charge in [-0.1, -0.05) is 38.0 Å². The Hall–Kier alpha value is -0.490. The lowest BCUT2D eigenvalue weighted by Gasteiger charge is -2.21. The molecule has 0 heterocycles. The van der Waals surface area contributed by atoms with Gasteiger partial charge in [0.1, 0.15) is 0 Å². The highest BCUT2D eigenvalue weighted by Gasteiger charge is 2.29. The van der Waals surface area contributed by atoms with Crippen LogP contribution in [0.25, 0.3) is 0 Å². The first-order chi connectivity index (χ1) is 8.08. The second-order valence-electron chi connectivity index (χ2n) is 5.71. The molecule has 0 aliphatic heterocycles. The minimum atomic E-state index is 0.314. The molecule has 0 nitrogen and oxygen atoms in total. The van der Waals surface area contributed by atoms with Crippen LogP contribution >= 0.6 is 11.6 Å². The Morgan fingerprint density at radius 2 is 2.00 bits per heavy atom. The molecule has 3 unspecified atom stereocenters. The molecule has 1 heteroatoms. The quantitative estimate of drug-likeness (QED) is 0.670. The van der Waals surface area contributed by atoms with Gasteiger partial charge < -0.3 is 0 Å². The van der Waals surface area contributed by atoms with Crippen LogP contribution in [-0.4, -0.2) is 5.38 Å². The van der Waals surface area contributed by atoms with E-state index in [9.17, 15) is 0 Å². The Labute approximate surface area is 110 Å². The highest BCUT2D eigenvalue weighted by atomic mass is 35.5. The van der Waals surface area contributed by atoms with Crippen molar-refractivity contribution < 1.29 is 0 Å². The molecule has 0 aromatic heterocycles. The van der Waals surface area contributed by atoms with E-state index in [1.807, 2.05) is 0 Å². The van der Waals surface area contributed by atoms with Crippen molar-refractivity contribution in [3.05, 3.63) is 34.9 Å². The van der Waals surface area contributed by atoms with Gasteiger partial charge in [0, 0.05) is 5.38 Å². The van der Waals surface area contributed by atoms with Gasteiger partial charge in [-0.25, -0.2) is 0 Å². The Bertz CT molecular complexity index is 383. The van der Waals surface area contributed by atoms with Crippen LogP contribution in [0.2, 0.25) is 0 Å². The molecule has 1 aliphatic rings. The predicted octanol–water partition coefficient (Wildman–Crippen LogP) is 4.89. The maximum Gasteiger partial charge on any atom is 0.0407 e. The van der Waals surface area contributed by atoms with E-state index in [0.717, 1.165) is 18.3 Å². The Morgan fingerprint density at radius 1 is 1.24 bits per heavy atom. The average Bonchev–Trinajstić information content (AvgIpc) is 2.70. The summed E-state index contributed by atoms with van der Waals surface area (Å²) in [5, 5.41) is 0.314. The van der Waals surface area contributed by atoms with Gasteiger partial charge >= 0.3 is 0 Å². The summed E-state index contributed by atoms with van der Waals surface area (Å²) in [4.78, 5) is 0. The lowest BCUT2D eigenvalue weighted by Crippen LogP contribution is -2.19. The van der Waals surface area contributed by atoms with Crippen molar-refractivity contribution in [1.29, 1.82) is 0 Å². The van der Waals surface area contributed by atoms with E-state index in [1.54, 1.807) is 0 Å². The van der Waals surface area contributed by atoms with Crippen LogP contribution in [0.3, 0.4) is 0 Å². The van der Waals surface area contributed by atoms with Crippen LogP contribution in [0.15, 0.2) is 18.2 Å². The molecule has 0 N–H and O–H groups in total. The summed E-state index contributed by atoms with van der Waals surface area (Å²) in [6, 6.07) is 6.74. The zero-order valence-electron chi connectivity index (χ0n) is 11.2. The zero-order valence-corrected chi connectivity index (χ0v) is 11.9. The van der Waals surface area contributed by atoms with Gasteiger partial charge in [0.25, 0.3) is 0 Å². The van der Waals surface area contributed by atoms with Crippen LogP contribution in [0, 0.1) is 25.7 Å². The molecule has 2 rings (SSSR count). The Kier molecular flexibility index (Phi) is 4.14. The normalized spacial score (nSPS) is 26.1. The molecule has 1 aliphatic carbocycles. The van der Waals surface area contributed by atoms with Gasteiger partial charge in [0.15, 0.2) is 0 Å². The van der Waals surface area contributed by atoms with E-state index < -0.39 is 0 Å². The van der Waals surface area contributed by atoms with Gasteiger partial charge in [-0.15, -0.1) is 11.6 Å².